The summed E-state index contributed by atoms with van der Waals surface area (Å²) in [5, 5.41) is 6.72. The molecule has 283 valence electrons. The molecule has 0 unspecified atom stereocenters. The van der Waals surface area contributed by atoms with Gasteiger partial charge < -0.3 is 44.1 Å². The lowest BCUT2D eigenvalue weighted by molar-refractivity contribution is -0.142. The molecule has 1 aliphatic carbocycles. The lowest BCUT2D eigenvalue weighted by atomic mass is 9.85. The summed E-state index contributed by atoms with van der Waals surface area (Å²) in [6.07, 6.45) is 2.46. The first kappa shape index (κ1) is 41.6. The van der Waals surface area contributed by atoms with Gasteiger partial charge in [0.2, 0.25) is 11.8 Å². The second kappa shape index (κ2) is 19.7. The predicted octanol–water partition coefficient (Wildman–Crippen LogP) is 4.31. The Balaban J connectivity index is 1.68. The molecule has 1 aromatic rings. The Hall–Kier alpha value is -2.77. The summed E-state index contributed by atoms with van der Waals surface area (Å²) in [6.45, 7) is 20.6. The first-order valence-electron chi connectivity index (χ1n) is 18.1. The molecule has 3 amide bonds. The fraction of sp³-hybridized carbons (Fsp3) is 0.737. The third kappa shape index (κ3) is 13.1. The number of aryl methyl sites for hydroxylation is 1. The van der Waals surface area contributed by atoms with Crippen molar-refractivity contribution in [3.63, 3.8) is 0 Å². The van der Waals surface area contributed by atoms with Gasteiger partial charge in [0.1, 0.15) is 11.6 Å². The van der Waals surface area contributed by atoms with Crippen LogP contribution in [0.4, 0.5) is 4.79 Å². The lowest BCUT2D eigenvalue weighted by Gasteiger charge is -2.37. The van der Waals surface area contributed by atoms with E-state index in [-0.39, 0.29) is 36.5 Å². The first-order chi connectivity index (χ1) is 23.6. The van der Waals surface area contributed by atoms with E-state index >= 15 is 0 Å². The Kier molecular flexibility index (Phi) is 16.4. The van der Waals surface area contributed by atoms with Gasteiger partial charge in [-0.3, -0.25) is 9.59 Å². The minimum Gasteiger partial charge on any atom is -0.444 e. The second-order valence-electron chi connectivity index (χ2n) is 15.4. The van der Waals surface area contributed by atoms with Crippen molar-refractivity contribution >= 4 is 17.9 Å². The Morgan fingerprint density at radius 3 is 2.26 bits per heavy atom. The third-order valence-corrected chi connectivity index (χ3v) is 9.08. The molecule has 2 N–H and O–H groups in total. The number of benzene rings is 1. The number of amides is 3. The Bertz CT molecular complexity index is 1220. The predicted molar refractivity (Wildman–Crippen MR) is 193 cm³/mol. The van der Waals surface area contributed by atoms with Crippen molar-refractivity contribution in [3.8, 4) is 0 Å². The van der Waals surface area contributed by atoms with Crippen LogP contribution in [0.15, 0.2) is 24.3 Å². The number of nitrogens with zero attached hydrogens (tertiary/aromatic N) is 2. The maximum atomic E-state index is 14.5. The number of likely N-dealkylation sites (tertiary alicyclic amines) is 1. The van der Waals surface area contributed by atoms with Crippen LogP contribution >= 0.6 is 0 Å². The molecule has 12 heteroatoms. The van der Waals surface area contributed by atoms with Gasteiger partial charge in [-0.2, -0.15) is 0 Å². The molecular formula is C38H63N4O8. The van der Waals surface area contributed by atoms with Crippen LogP contribution in [-0.4, -0.2) is 124 Å². The first-order valence-corrected chi connectivity index (χ1v) is 18.1. The molecule has 2 aliphatic rings. The van der Waals surface area contributed by atoms with Gasteiger partial charge in [-0.25, -0.2) is 4.79 Å². The molecule has 0 bridgehead atoms. The Labute approximate surface area is 300 Å². The summed E-state index contributed by atoms with van der Waals surface area (Å²) in [6, 6.07) is 6.57. The molecule has 1 heterocycles. The van der Waals surface area contributed by atoms with Crippen molar-refractivity contribution < 1.29 is 38.1 Å². The maximum Gasteiger partial charge on any atom is 0.410 e. The number of fused-ring (bicyclic) bond motifs is 1. The van der Waals surface area contributed by atoms with Crippen LogP contribution in [0.2, 0.25) is 0 Å². The highest BCUT2D eigenvalue weighted by molar-refractivity contribution is 5.91. The molecule has 0 saturated carbocycles. The van der Waals surface area contributed by atoms with Crippen LogP contribution in [0.3, 0.4) is 0 Å². The number of ether oxygens (including phenoxy) is 5. The molecule has 0 spiro atoms. The van der Waals surface area contributed by atoms with Crippen LogP contribution in [0.5, 0.6) is 0 Å². The molecular weight excluding hydrogens is 640 g/mol. The normalized spacial score (nSPS) is 20.6. The number of carbonyl (C=O) groups excluding carboxylic acids is 3. The second-order valence-corrected chi connectivity index (χ2v) is 15.4. The van der Waals surface area contributed by atoms with Gasteiger partial charge in [0, 0.05) is 39.2 Å². The van der Waals surface area contributed by atoms with Gasteiger partial charge >= 0.3 is 6.09 Å². The van der Waals surface area contributed by atoms with Crippen LogP contribution in [0.25, 0.3) is 0 Å². The number of rotatable bonds is 18. The van der Waals surface area contributed by atoms with Gasteiger partial charge in [-0.1, -0.05) is 45.0 Å². The standard InChI is InChI=1S/C38H63N4O8/c1-10-46-18-19-47-20-21-48-22-23-49-29-24-32(34(43)40-31-17-13-15-28-14-11-12-16-30(28)31)42(26-29)35(44)33(37(3,4)5)39-25-27(2)41(9)36(45)50-38(6,7)8/h11-12,14,16,27,29,31-33,39H,1,10,13,15,17-26H2,2-9H3,(H,40,43)/t27-,29-,31+,32-,33+/m0/s1. The summed E-state index contributed by atoms with van der Waals surface area (Å²) >= 11 is 0. The van der Waals surface area contributed by atoms with E-state index in [4.69, 9.17) is 23.7 Å². The summed E-state index contributed by atoms with van der Waals surface area (Å²) in [4.78, 5) is 44.4. The third-order valence-electron chi connectivity index (χ3n) is 9.08. The Morgan fingerprint density at radius 1 is 0.980 bits per heavy atom. The summed E-state index contributed by atoms with van der Waals surface area (Å²) in [5.41, 5.74) is 1.29. The van der Waals surface area contributed by atoms with Crippen LogP contribution < -0.4 is 10.6 Å². The van der Waals surface area contributed by atoms with Crippen molar-refractivity contribution in [2.45, 2.75) is 110 Å². The summed E-state index contributed by atoms with van der Waals surface area (Å²) in [7, 11) is 1.69. The van der Waals surface area contributed by atoms with Crippen molar-refractivity contribution in [3.05, 3.63) is 42.3 Å². The molecule has 5 atom stereocenters. The number of hydrogen-bond acceptors (Lipinski definition) is 9. The number of likely N-dealkylation sites (N-methyl/N-ethyl adjacent to an activating group) is 1. The number of hydrogen-bond donors (Lipinski definition) is 2. The van der Waals surface area contributed by atoms with Gasteiger partial charge in [0.05, 0.1) is 57.8 Å². The van der Waals surface area contributed by atoms with Crippen molar-refractivity contribution in [2.24, 2.45) is 5.41 Å². The molecule has 50 heavy (non-hydrogen) atoms. The maximum absolute atomic E-state index is 14.5. The largest absolute Gasteiger partial charge is 0.444 e. The zero-order valence-electron chi connectivity index (χ0n) is 31.8. The van der Waals surface area contributed by atoms with E-state index in [1.54, 1.807) is 11.9 Å². The van der Waals surface area contributed by atoms with Gasteiger partial charge in [0.25, 0.3) is 0 Å². The highest BCUT2D eigenvalue weighted by atomic mass is 16.6. The molecule has 1 aromatic carbocycles. The van der Waals surface area contributed by atoms with Crippen molar-refractivity contribution in [1.29, 1.82) is 0 Å². The SMILES string of the molecule is [CH2]COCCOCCOCCO[C@H]1C[C@@H](C(=O)N[C@@H]2CCCc3ccccc32)N(C(=O)[C@@H](NC[C@H](C)N(C)C(=O)OC(C)(C)C)C(C)(C)C)C1. The van der Waals surface area contributed by atoms with Gasteiger partial charge in [-0.05, 0) is 70.4 Å². The quantitative estimate of drug-likeness (QED) is 0.215. The van der Waals surface area contributed by atoms with Crippen LogP contribution in [-0.2, 0) is 39.7 Å². The van der Waals surface area contributed by atoms with E-state index in [2.05, 4.69) is 29.7 Å². The smallest absolute Gasteiger partial charge is 0.410 e. The van der Waals surface area contributed by atoms with Crippen LogP contribution in [0.1, 0.15) is 84.9 Å². The van der Waals surface area contributed by atoms with E-state index in [1.165, 1.54) is 10.5 Å². The highest BCUT2D eigenvalue weighted by Gasteiger charge is 2.45. The average molecular weight is 704 g/mol. The zero-order valence-corrected chi connectivity index (χ0v) is 31.8. The van der Waals surface area contributed by atoms with E-state index < -0.39 is 29.2 Å². The molecule has 3 rings (SSSR count). The molecule has 1 fully saturated rings. The molecule has 1 aliphatic heterocycles. The van der Waals surface area contributed by atoms with Crippen molar-refractivity contribution in [1.82, 2.24) is 20.4 Å². The molecule has 1 radical (unpaired) electrons. The van der Waals surface area contributed by atoms with Crippen LogP contribution in [0, 0.1) is 12.3 Å². The minimum absolute atomic E-state index is 0.106. The van der Waals surface area contributed by atoms with Gasteiger partial charge in [0.15, 0.2) is 0 Å². The molecule has 0 aromatic heterocycles. The fourth-order valence-corrected chi connectivity index (χ4v) is 6.27. The van der Waals surface area contributed by atoms with E-state index in [0.717, 1.165) is 24.8 Å². The lowest BCUT2D eigenvalue weighted by Crippen LogP contribution is -2.58. The van der Waals surface area contributed by atoms with E-state index in [0.29, 0.717) is 59.2 Å². The minimum atomic E-state index is -0.690. The topological polar surface area (TPSA) is 128 Å². The molecule has 1 saturated heterocycles. The number of nitrogens with one attached hydrogen (secondary N) is 2. The van der Waals surface area contributed by atoms with Crippen molar-refractivity contribution in [2.75, 3.05) is 66.4 Å². The van der Waals surface area contributed by atoms with E-state index in [9.17, 15) is 14.4 Å². The molecule has 12 nitrogen and oxygen atoms in total. The summed E-state index contributed by atoms with van der Waals surface area (Å²) in [5.74, 6) is -0.343. The number of carbonyl (C=O) groups is 3. The monoisotopic (exact) mass is 703 g/mol. The summed E-state index contributed by atoms with van der Waals surface area (Å²) < 4.78 is 28.0. The Morgan fingerprint density at radius 2 is 1.62 bits per heavy atom. The van der Waals surface area contributed by atoms with Gasteiger partial charge in [-0.15, -0.1) is 0 Å². The zero-order chi connectivity index (χ0) is 36.9. The fourth-order valence-electron chi connectivity index (χ4n) is 6.27. The highest BCUT2D eigenvalue weighted by Crippen LogP contribution is 2.32. The average Bonchev–Trinajstić information content (AvgIpc) is 3.48. The van der Waals surface area contributed by atoms with E-state index in [1.807, 2.05) is 60.6 Å².